The summed E-state index contributed by atoms with van der Waals surface area (Å²) in [5.74, 6) is -0.691. The zero-order valence-electron chi connectivity index (χ0n) is 15.5. The smallest absolute Gasteiger partial charge is 0.416 e. The van der Waals surface area contributed by atoms with Crippen molar-refractivity contribution in [3.8, 4) is 0 Å². The Hall–Kier alpha value is -2.76. The van der Waals surface area contributed by atoms with Crippen molar-refractivity contribution < 1.29 is 22.7 Å². The molecule has 3 atom stereocenters. The number of rotatable bonds is 2. The lowest BCUT2D eigenvalue weighted by Gasteiger charge is -2.39. The summed E-state index contributed by atoms with van der Waals surface area (Å²) in [5, 5.41) is 3.34. The Morgan fingerprint density at radius 2 is 1.93 bits per heavy atom. The highest BCUT2D eigenvalue weighted by molar-refractivity contribution is 5.94. The number of aryl methyl sites for hydroxylation is 1. The number of hydrogen-bond acceptors (Lipinski definition) is 3. The van der Waals surface area contributed by atoms with Gasteiger partial charge in [0.15, 0.2) is 0 Å². The zero-order valence-corrected chi connectivity index (χ0v) is 15.5. The molecule has 1 heterocycles. The number of hydrogen-bond donors (Lipinski definition) is 1. The normalized spacial score (nSPS) is 23.0. The van der Waals surface area contributed by atoms with E-state index in [9.17, 15) is 18.0 Å². The summed E-state index contributed by atoms with van der Waals surface area (Å²) in [4.78, 5) is 12.3. The van der Waals surface area contributed by atoms with Crippen LogP contribution in [-0.4, -0.2) is 13.1 Å². The number of esters is 1. The van der Waals surface area contributed by atoms with Gasteiger partial charge in [-0.3, -0.25) is 0 Å². The molecule has 0 fully saturated rings. The van der Waals surface area contributed by atoms with Crippen molar-refractivity contribution >= 4 is 11.7 Å². The molecular formula is C22H20F3NO2. The number of halogens is 3. The second kappa shape index (κ2) is 6.69. The molecule has 1 aliphatic heterocycles. The van der Waals surface area contributed by atoms with E-state index in [2.05, 4.69) is 5.32 Å². The van der Waals surface area contributed by atoms with Gasteiger partial charge in [-0.1, -0.05) is 36.4 Å². The van der Waals surface area contributed by atoms with Crippen LogP contribution in [0.15, 0.2) is 48.6 Å². The summed E-state index contributed by atoms with van der Waals surface area (Å²) in [6.45, 7) is 1.89. The SMILES string of the molecule is COC(=O)c1ccc(C)c2c1[C@@H]1C=CC[C@H]1[C@H](c1ccccc1C(F)(F)F)N2. The van der Waals surface area contributed by atoms with Gasteiger partial charge in [-0.15, -0.1) is 0 Å². The monoisotopic (exact) mass is 387 g/mol. The molecule has 1 aliphatic carbocycles. The molecule has 0 saturated carbocycles. The van der Waals surface area contributed by atoms with Gasteiger partial charge in [0.05, 0.1) is 24.3 Å². The van der Waals surface area contributed by atoms with Gasteiger partial charge in [0, 0.05) is 11.6 Å². The average molecular weight is 387 g/mol. The Balaban J connectivity index is 1.89. The number of fused-ring (bicyclic) bond motifs is 3. The van der Waals surface area contributed by atoms with Gasteiger partial charge in [0.1, 0.15) is 0 Å². The second-order valence-electron chi connectivity index (χ2n) is 7.27. The highest BCUT2D eigenvalue weighted by atomic mass is 19.4. The lowest BCUT2D eigenvalue weighted by atomic mass is 9.74. The Morgan fingerprint density at radius 3 is 2.64 bits per heavy atom. The third kappa shape index (κ3) is 2.87. The predicted molar refractivity (Wildman–Crippen MR) is 100 cm³/mol. The molecular weight excluding hydrogens is 367 g/mol. The van der Waals surface area contributed by atoms with Crippen molar-refractivity contribution in [1.29, 1.82) is 0 Å². The summed E-state index contributed by atoms with van der Waals surface area (Å²) in [5.41, 5.74) is 2.49. The van der Waals surface area contributed by atoms with Gasteiger partial charge < -0.3 is 10.1 Å². The number of benzene rings is 2. The summed E-state index contributed by atoms with van der Waals surface area (Å²) in [7, 11) is 1.33. The van der Waals surface area contributed by atoms with Crippen molar-refractivity contribution in [3.63, 3.8) is 0 Å². The topological polar surface area (TPSA) is 38.3 Å². The van der Waals surface area contributed by atoms with Crippen molar-refractivity contribution in [2.75, 3.05) is 12.4 Å². The molecule has 0 amide bonds. The first-order chi connectivity index (χ1) is 13.3. The van der Waals surface area contributed by atoms with Crippen LogP contribution in [-0.2, 0) is 10.9 Å². The summed E-state index contributed by atoms with van der Waals surface area (Å²) < 4.78 is 45.8. The van der Waals surface area contributed by atoms with Crippen molar-refractivity contribution in [2.24, 2.45) is 5.92 Å². The van der Waals surface area contributed by atoms with Crippen LogP contribution in [0.2, 0.25) is 0 Å². The third-order valence-electron chi connectivity index (χ3n) is 5.73. The Morgan fingerprint density at radius 1 is 1.18 bits per heavy atom. The van der Waals surface area contributed by atoms with Gasteiger partial charge >= 0.3 is 12.1 Å². The van der Waals surface area contributed by atoms with Crippen LogP contribution in [0.5, 0.6) is 0 Å². The van der Waals surface area contributed by atoms with E-state index < -0.39 is 23.8 Å². The van der Waals surface area contributed by atoms with Crippen LogP contribution in [0, 0.1) is 12.8 Å². The van der Waals surface area contributed by atoms with E-state index in [0.717, 1.165) is 22.9 Å². The zero-order chi connectivity index (χ0) is 20.1. The van der Waals surface area contributed by atoms with Crippen LogP contribution in [0.3, 0.4) is 0 Å². The lowest BCUT2D eigenvalue weighted by molar-refractivity contribution is -0.138. The standard InChI is InChI=1S/C22H20F3NO2/c1-12-10-11-16(21(27)28-2)18-13-7-5-8-14(13)20(26-19(12)18)15-6-3-4-9-17(15)22(23,24)25/h3-7,9-11,13-14,20,26H,8H2,1-2H3/t13-,14-,20-/m1/s1. The number of nitrogens with one attached hydrogen (secondary N) is 1. The first kappa shape index (κ1) is 18.6. The molecule has 3 nitrogen and oxygen atoms in total. The number of carbonyl (C=O) groups is 1. The number of methoxy groups -OCH3 is 1. The van der Waals surface area contributed by atoms with Crippen LogP contribution in [0.1, 0.15) is 51.0 Å². The Bertz CT molecular complexity index is 965. The molecule has 0 radical (unpaired) electrons. The molecule has 4 rings (SSSR count). The van der Waals surface area contributed by atoms with Crippen LogP contribution in [0.4, 0.5) is 18.9 Å². The first-order valence-electron chi connectivity index (χ1n) is 9.14. The summed E-state index contributed by atoms with van der Waals surface area (Å²) in [6.07, 6.45) is 0.198. The number of anilines is 1. The predicted octanol–water partition coefficient (Wildman–Crippen LogP) is 5.63. The Kier molecular flexibility index (Phi) is 4.44. The maximum Gasteiger partial charge on any atom is 0.416 e. The average Bonchev–Trinajstić information content (AvgIpc) is 3.16. The van der Waals surface area contributed by atoms with E-state index in [-0.39, 0.29) is 17.4 Å². The maximum atomic E-state index is 13.6. The van der Waals surface area contributed by atoms with Crippen molar-refractivity contribution in [3.05, 3.63) is 76.4 Å². The molecule has 0 bridgehead atoms. The molecule has 2 aromatic rings. The molecule has 146 valence electrons. The minimum absolute atomic E-state index is 0.110. The third-order valence-corrected chi connectivity index (χ3v) is 5.73. The minimum atomic E-state index is -4.43. The highest BCUT2D eigenvalue weighted by Crippen LogP contribution is 2.53. The number of alkyl halides is 3. The Labute approximate surface area is 161 Å². The van der Waals surface area contributed by atoms with Crippen molar-refractivity contribution in [2.45, 2.75) is 31.5 Å². The number of carbonyl (C=O) groups excluding carboxylic acids is 1. The molecule has 0 saturated heterocycles. The fourth-order valence-corrected chi connectivity index (χ4v) is 4.48. The van der Waals surface area contributed by atoms with E-state index in [0.29, 0.717) is 12.0 Å². The fourth-order valence-electron chi connectivity index (χ4n) is 4.48. The molecule has 1 N–H and O–H groups in total. The van der Waals surface area contributed by atoms with Crippen LogP contribution in [0.25, 0.3) is 0 Å². The molecule has 2 aromatic carbocycles. The molecule has 2 aliphatic rings. The number of ether oxygens (including phenoxy) is 1. The van der Waals surface area contributed by atoms with Crippen LogP contribution < -0.4 is 5.32 Å². The second-order valence-corrected chi connectivity index (χ2v) is 7.27. The van der Waals surface area contributed by atoms with E-state index in [1.165, 1.54) is 13.2 Å². The van der Waals surface area contributed by atoms with Gasteiger partial charge in [0.2, 0.25) is 0 Å². The quantitative estimate of drug-likeness (QED) is 0.536. The highest BCUT2D eigenvalue weighted by Gasteiger charge is 2.44. The maximum absolute atomic E-state index is 13.6. The molecule has 0 unspecified atom stereocenters. The fraction of sp³-hybridized carbons (Fsp3) is 0.318. The lowest BCUT2D eigenvalue weighted by Crippen LogP contribution is -2.32. The molecule has 6 heteroatoms. The van der Waals surface area contributed by atoms with E-state index >= 15 is 0 Å². The van der Waals surface area contributed by atoms with Crippen LogP contribution >= 0.6 is 0 Å². The van der Waals surface area contributed by atoms with E-state index in [1.54, 1.807) is 24.3 Å². The van der Waals surface area contributed by atoms with Crippen molar-refractivity contribution in [1.82, 2.24) is 0 Å². The summed E-state index contributed by atoms with van der Waals surface area (Å²) >= 11 is 0. The minimum Gasteiger partial charge on any atom is -0.465 e. The molecule has 0 aromatic heterocycles. The molecule has 0 spiro atoms. The van der Waals surface area contributed by atoms with Gasteiger partial charge in [0.25, 0.3) is 0 Å². The van der Waals surface area contributed by atoms with Gasteiger partial charge in [-0.25, -0.2) is 4.79 Å². The van der Waals surface area contributed by atoms with Gasteiger partial charge in [-0.05, 0) is 48.1 Å². The number of allylic oxidation sites excluding steroid dienone is 2. The van der Waals surface area contributed by atoms with E-state index in [1.807, 2.05) is 19.1 Å². The first-order valence-corrected chi connectivity index (χ1v) is 9.14. The molecule has 28 heavy (non-hydrogen) atoms. The van der Waals surface area contributed by atoms with Gasteiger partial charge in [-0.2, -0.15) is 13.2 Å². The largest absolute Gasteiger partial charge is 0.465 e. The summed E-state index contributed by atoms with van der Waals surface area (Å²) in [6, 6.07) is 8.74. The van der Waals surface area contributed by atoms with E-state index in [4.69, 9.17) is 4.74 Å².